The van der Waals surface area contributed by atoms with Crippen LogP contribution in [0.1, 0.15) is 19.5 Å². The van der Waals surface area contributed by atoms with Crippen LogP contribution in [0.5, 0.6) is 11.5 Å². The summed E-state index contributed by atoms with van der Waals surface area (Å²) in [7, 11) is 3.83. The van der Waals surface area contributed by atoms with Gasteiger partial charge in [-0.15, -0.1) is 0 Å². The Balaban J connectivity index is 1.26. The monoisotopic (exact) mass is 454 g/mol. The van der Waals surface area contributed by atoms with E-state index in [2.05, 4.69) is 23.6 Å². The van der Waals surface area contributed by atoms with E-state index in [1.54, 1.807) is 0 Å². The highest BCUT2D eigenvalue weighted by Gasteiger charge is 2.44. The second-order valence-electron chi connectivity index (χ2n) is 9.91. The van der Waals surface area contributed by atoms with Gasteiger partial charge in [0, 0.05) is 46.8 Å². The number of likely N-dealkylation sites (N-methyl/N-ethyl adjacent to an activating group) is 1. The molecular weight excluding hydrogens is 420 g/mol. The predicted molar refractivity (Wildman–Crippen MR) is 128 cm³/mol. The van der Waals surface area contributed by atoms with E-state index < -0.39 is 0 Å². The number of aryl methyl sites for hydroxylation is 1. The number of benzene rings is 1. The van der Waals surface area contributed by atoms with Gasteiger partial charge in [0.25, 0.3) is 0 Å². The number of amides is 2. The van der Waals surface area contributed by atoms with Gasteiger partial charge in [-0.1, -0.05) is 12.1 Å². The van der Waals surface area contributed by atoms with Gasteiger partial charge >= 0.3 is 6.03 Å². The lowest BCUT2D eigenvalue weighted by Gasteiger charge is -2.38. The lowest BCUT2D eigenvalue weighted by molar-refractivity contribution is 0.0571. The Hall–Kier alpha value is -2.94. The van der Waals surface area contributed by atoms with Crippen molar-refractivity contribution < 1.29 is 14.3 Å². The minimum Gasteiger partial charge on any atom is -0.486 e. The van der Waals surface area contributed by atoms with E-state index in [-0.39, 0.29) is 17.7 Å². The molecule has 0 N–H and O–H groups in total. The van der Waals surface area contributed by atoms with Crippen LogP contribution in [0.3, 0.4) is 0 Å². The molecule has 2 amide bonds. The number of ether oxygens (including phenoxy) is 2. The number of hydrogen-bond acceptors (Lipinski definition) is 6. The maximum Gasteiger partial charge on any atom is 0.324 e. The Morgan fingerprint density at radius 2 is 1.79 bits per heavy atom. The van der Waals surface area contributed by atoms with E-state index in [0.29, 0.717) is 13.2 Å². The number of piperazine rings is 1. The maximum absolute atomic E-state index is 13.0. The Morgan fingerprint density at radius 1 is 1.09 bits per heavy atom. The molecule has 3 aliphatic rings. The summed E-state index contributed by atoms with van der Waals surface area (Å²) in [5.74, 6) is 2.55. The molecule has 0 bridgehead atoms. The molecular formula is C24H34N6O3. The SMILES string of the molecule is Cc1c(N2CC(C)(C)N(C)C2=O)c(N2CCN(C[C@H]3COc4ccccc4O3)CC2)nn1C. The molecule has 9 heteroatoms. The van der Waals surface area contributed by atoms with Crippen LogP contribution in [0.25, 0.3) is 0 Å². The highest BCUT2D eigenvalue weighted by Crippen LogP contribution is 2.38. The minimum atomic E-state index is -0.212. The van der Waals surface area contributed by atoms with Crippen LogP contribution < -0.4 is 19.3 Å². The van der Waals surface area contributed by atoms with E-state index in [0.717, 1.165) is 61.4 Å². The van der Waals surface area contributed by atoms with Crippen molar-refractivity contribution in [2.45, 2.75) is 32.4 Å². The molecule has 0 unspecified atom stereocenters. The van der Waals surface area contributed by atoms with Crippen LogP contribution in [0.2, 0.25) is 0 Å². The Kier molecular flexibility index (Phi) is 5.39. The molecule has 1 aromatic heterocycles. The van der Waals surface area contributed by atoms with Gasteiger partial charge in [0.05, 0.1) is 17.8 Å². The van der Waals surface area contributed by atoms with Crippen LogP contribution in [-0.4, -0.2) is 90.2 Å². The van der Waals surface area contributed by atoms with Crippen molar-refractivity contribution in [2.75, 3.05) is 62.7 Å². The van der Waals surface area contributed by atoms with Crippen molar-refractivity contribution in [3.8, 4) is 11.5 Å². The molecule has 3 aliphatic heterocycles. The standard InChI is InChI=1S/C24H34N6O3/c1-17-21(30-16-24(2,3)26(4)23(30)31)22(25-27(17)5)29-12-10-28(11-13-29)14-18-15-32-19-8-6-7-9-20(19)33-18/h6-9,18H,10-16H2,1-5H3/t18-/m0/s1. The summed E-state index contributed by atoms with van der Waals surface area (Å²) >= 11 is 0. The van der Waals surface area contributed by atoms with Crippen LogP contribution in [0, 0.1) is 6.92 Å². The highest BCUT2D eigenvalue weighted by molar-refractivity contribution is 5.98. The highest BCUT2D eigenvalue weighted by atomic mass is 16.6. The molecule has 2 aromatic rings. The molecule has 33 heavy (non-hydrogen) atoms. The number of rotatable bonds is 4. The van der Waals surface area contributed by atoms with Crippen molar-refractivity contribution in [2.24, 2.45) is 7.05 Å². The van der Waals surface area contributed by atoms with E-state index in [1.165, 1.54) is 0 Å². The van der Waals surface area contributed by atoms with Gasteiger partial charge in [0.1, 0.15) is 18.4 Å². The van der Waals surface area contributed by atoms with Crippen LogP contribution in [0.4, 0.5) is 16.3 Å². The second kappa shape index (κ2) is 8.13. The Morgan fingerprint density at radius 3 is 2.45 bits per heavy atom. The number of aromatic nitrogens is 2. The number of carbonyl (C=O) groups is 1. The molecule has 178 valence electrons. The van der Waals surface area contributed by atoms with Gasteiger partial charge in [0.15, 0.2) is 17.3 Å². The average Bonchev–Trinajstić information content (AvgIpc) is 3.21. The largest absolute Gasteiger partial charge is 0.486 e. The van der Waals surface area contributed by atoms with Crippen molar-refractivity contribution in [1.82, 2.24) is 19.6 Å². The number of carbonyl (C=O) groups excluding carboxylic acids is 1. The fourth-order valence-corrected chi connectivity index (χ4v) is 4.87. The van der Waals surface area contributed by atoms with Gasteiger partial charge in [-0.3, -0.25) is 14.5 Å². The second-order valence-corrected chi connectivity index (χ2v) is 9.91. The van der Waals surface area contributed by atoms with Gasteiger partial charge in [-0.05, 0) is 32.9 Å². The smallest absolute Gasteiger partial charge is 0.324 e. The minimum absolute atomic E-state index is 0.0269. The fourth-order valence-electron chi connectivity index (χ4n) is 4.87. The van der Waals surface area contributed by atoms with E-state index in [1.807, 2.05) is 59.8 Å². The van der Waals surface area contributed by atoms with Crippen molar-refractivity contribution in [3.63, 3.8) is 0 Å². The van der Waals surface area contributed by atoms with Crippen LogP contribution in [0.15, 0.2) is 24.3 Å². The third kappa shape index (κ3) is 3.88. The first kappa shape index (κ1) is 21.9. The predicted octanol–water partition coefficient (Wildman–Crippen LogP) is 2.34. The van der Waals surface area contributed by atoms with Crippen molar-refractivity contribution in [3.05, 3.63) is 30.0 Å². The summed E-state index contributed by atoms with van der Waals surface area (Å²) in [4.78, 5) is 21.5. The summed E-state index contributed by atoms with van der Waals surface area (Å²) in [5, 5.41) is 4.82. The fraction of sp³-hybridized carbons (Fsp3) is 0.583. The topological polar surface area (TPSA) is 66.3 Å². The molecule has 1 aromatic carbocycles. The van der Waals surface area contributed by atoms with Gasteiger partial charge in [0.2, 0.25) is 0 Å². The molecule has 2 saturated heterocycles. The van der Waals surface area contributed by atoms with Gasteiger partial charge < -0.3 is 19.3 Å². The zero-order chi connectivity index (χ0) is 23.3. The summed E-state index contributed by atoms with van der Waals surface area (Å²) in [6, 6.07) is 7.87. The third-order valence-electron chi connectivity index (χ3n) is 7.23. The van der Waals surface area contributed by atoms with E-state index in [9.17, 15) is 4.79 Å². The van der Waals surface area contributed by atoms with E-state index >= 15 is 0 Å². The average molecular weight is 455 g/mol. The van der Waals surface area contributed by atoms with Crippen LogP contribution in [-0.2, 0) is 7.05 Å². The number of hydrogen-bond donors (Lipinski definition) is 0. The zero-order valence-corrected chi connectivity index (χ0v) is 20.2. The molecule has 9 nitrogen and oxygen atoms in total. The number of anilines is 2. The zero-order valence-electron chi connectivity index (χ0n) is 20.2. The first-order chi connectivity index (χ1) is 15.7. The molecule has 0 aliphatic carbocycles. The van der Waals surface area contributed by atoms with Crippen molar-refractivity contribution >= 4 is 17.5 Å². The summed E-state index contributed by atoms with van der Waals surface area (Å²) in [5.41, 5.74) is 1.74. The molecule has 0 radical (unpaired) electrons. The van der Waals surface area contributed by atoms with Gasteiger partial charge in [-0.2, -0.15) is 5.10 Å². The molecule has 4 heterocycles. The summed E-state index contributed by atoms with van der Waals surface area (Å²) < 4.78 is 13.9. The maximum atomic E-state index is 13.0. The van der Waals surface area contributed by atoms with E-state index in [4.69, 9.17) is 14.6 Å². The molecule has 0 saturated carbocycles. The first-order valence-electron chi connectivity index (χ1n) is 11.7. The number of nitrogens with zero attached hydrogens (tertiary/aromatic N) is 6. The molecule has 0 spiro atoms. The normalized spacial score (nSPS) is 22.9. The Bertz CT molecular complexity index is 1040. The van der Waals surface area contributed by atoms with Crippen molar-refractivity contribution in [1.29, 1.82) is 0 Å². The first-order valence-corrected chi connectivity index (χ1v) is 11.7. The third-order valence-corrected chi connectivity index (χ3v) is 7.23. The lowest BCUT2D eigenvalue weighted by atomic mass is 10.1. The van der Waals surface area contributed by atoms with Crippen LogP contribution >= 0.6 is 0 Å². The molecule has 2 fully saturated rings. The molecule has 1 atom stereocenters. The lowest BCUT2D eigenvalue weighted by Crippen LogP contribution is -2.51. The number of fused-ring (bicyclic) bond motifs is 1. The number of para-hydroxylation sites is 2. The van der Waals surface area contributed by atoms with Gasteiger partial charge in [-0.25, -0.2) is 4.79 Å². The quantitative estimate of drug-likeness (QED) is 0.707. The number of urea groups is 1. The summed E-state index contributed by atoms with van der Waals surface area (Å²) in [6.45, 7) is 11.8. The molecule has 5 rings (SSSR count). The Labute approximate surface area is 195 Å². The summed E-state index contributed by atoms with van der Waals surface area (Å²) in [6.07, 6.45) is 0.0269.